The van der Waals surface area contributed by atoms with E-state index in [1.54, 1.807) is 0 Å². The lowest BCUT2D eigenvalue weighted by molar-refractivity contribution is 0.798. The SMILES string of the molecule is CC(C)(C)Pc1ccccc1-c1ccccc1PC(C)(C)C. The van der Waals surface area contributed by atoms with Gasteiger partial charge in [0.2, 0.25) is 0 Å². The maximum Gasteiger partial charge on any atom is -0.0103 e. The van der Waals surface area contributed by atoms with E-state index in [0.717, 1.165) is 17.2 Å². The van der Waals surface area contributed by atoms with Crippen molar-refractivity contribution in [2.45, 2.75) is 51.9 Å². The molecule has 2 unspecified atom stereocenters. The van der Waals surface area contributed by atoms with Crippen molar-refractivity contribution < 1.29 is 0 Å². The summed E-state index contributed by atoms with van der Waals surface area (Å²) in [5.41, 5.74) is 2.84. The second kappa shape index (κ2) is 6.82. The third-order valence-electron chi connectivity index (χ3n) is 3.16. The first-order valence-corrected chi connectivity index (χ1v) is 9.90. The summed E-state index contributed by atoms with van der Waals surface area (Å²) in [5, 5.41) is 3.64. The Labute approximate surface area is 139 Å². The van der Waals surface area contributed by atoms with Crippen LogP contribution in [0.25, 0.3) is 11.1 Å². The van der Waals surface area contributed by atoms with Crippen molar-refractivity contribution in [3.63, 3.8) is 0 Å². The van der Waals surface area contributed by atoms with E-state index in [2.05, 4.69) is 90.1 Å². The molecule has 0 saturated carbocycles. The molecule has 2 aromatic rings. The number of hydrogen-bond donors (Lipinski definition) is 0. The molecular weight excluding hydrogens is 302 g/mol. The molecule has 0 spiro atoms. The minimum atomic E-state index is 0.331. The maximum atomic E-state index is 2.32. The Balaban J connectivity index is 2.49. The zero-order chi connectivity index (χ0) is 16.4. The molecule has 0 aliphatic carbocycles. The van der Waals surface area contributed by atoms with Gasteiger partial charge < -0.3 is 0 Å². The molecule has 0 aromatic heterocycles. The molecule has 22 heavy (non-hydrogen) atoms. The first-order chi connectivity index (χ1) is 10.2. The zero-order valence-electron chi connectivity index (χ0n) is 14.6. The third-order valence-corrected chi connectivity index (χ3v) is 6.07. The molecule has 0 fully saturated rings. The minimum Gasteiger partial charge on any atom is -0.0842 e. The van der Waals surface area contributed by atoms with Gasteiger partial charge in [-0.3, -0.25) is 0 Å². The lowest BCUT2D eigenvalue weighted by Crippen LogP contribution is -2.17. The molecular formula is C20H28P2. The summed E-state index contributed by atoms with van der Waals surface area (Å²) in [5.74, 6) is 0. The maximum absolute atomic E-state index is 2.32. The van der Waals surface area contributed by atoms with Crippen molar-refractivity contribution in [2.75, 3.05) is 0 Å². The fourth-order valence-corrected chi connectivity index (χ4v) is 5.14. The molecule has 0 nitrogen and oxygen atoms in total. The molecule has 0 aliphatic heterocycles. The van der Waals surface area contributed by atoms with Gasteiger partial charge in [0.25, 0.3) is 0 Å². The van der Waals surface area contributed by atoms with E-state index < -0.39 is 0 Å². The van der Waals surface area contributed by atoms with E-state index >= 15 is 0 Å². The van der Waals surface area contributed by atoms with Crippen LogP contribution in [0.15, 0.2) is 48.5 Å². The number of rotatable bonds is 3. The lowest BCUT2D eigenvalue weighted by atomic mass is 10.1. The highest BCUT2D eigenvalue weighted by Crippen LogP contribution is 2.36. The van der Waals surface area contributed by atoms with Gasteiger partial charge in [-0.15, -0.1) is 0 Å². The first-order valence-electron chi connectivity index (χ1n) is 7.90. The summed E-state index contributed by atoms with van der Waals surface area (Å²) in [6.45, 7) is 13.9. The molecule has 118 valence electrons. The van der Waals surface area contributed by atoms with Crippen LogP contribution >= 0.6 is 17.2 Å². The average Bonchev–Trinajstić information content (AvgIpc) is 2.36. The van der Waals surface area contributed by atoms with E-state index in [9.17, 15) is 0 Å². The molecule has 2 rings (SSSR count). The molecule has 0 radical (unpaired) electrons. The van der Waals surface area contributed by atoms with Crippen LogP contribution in [0.2, 0.25) is 0 Å². The fraction of sp³-hybridized carbons (Fsp3) is 0.400. The molecule has 0 N–H and O–H groups in total. The van der Waals surface area contributed by atoms with Crippen molar-refractivity contribution in [2.24, 2.45) is 0 Å². The van der Waals surface area contributed by atoms with Crippen LogP contribution < -0.4 is 10.6 Å². The predicted octanol–water partition coefficient (Wildman–Crippen LogP) is 5.56. The molecule has 2 aromatic carbocycles. The Morgan fingerprint density at radius 3 is 1.18 bits per heavy atom. The van der Waals surface area contributed by atoms with Crippen molar-refractivity contribution in [3.8, 4) is 11.1 Å². The van der Waals surface area contributed by atoms with Crippen molar-refractivity contribution in [1.82, 2.24) is 0 Å². The summed E-state index contributed by atoms with van der Waals surface area (Å²) in [6, 6.07) is 17.9. The number of hydrogen-bond acceptors (Lipinski definition) is 0. The van der Waals surface area contributed by atoms with Crippen molar-refractivity contribution >= 4 is 27.8 Å². The molecule has 2 atom stereocenters. The molecule has 2 heteroatoms. The van der Waals surface area contributed by atoms with Gasteiger partial charge in [0, 0.05) is 0 Å². The summed E-state index contributed by atoms with van der Waals surface area (Å²) < 4.78 is 0. The Morgan fingerprint density at radius 1 is 0.545 bits per heavy atom. The Bertz CT molecular complexity index is 573. The van der Waals surface area contributed by atoms with Gasteiger partial charge in [0.05, 0.1) is 0 Å². The highest BCUT2D eigenvalue weighted by atomic mass is 31.1. The Hall–Kier alpha value is -0.700. The van der Waals surface area contributed by atoms with Crippen LogP contribution in [0.1, 0.15) is 41.5 Å². The van der Waals surface area contributed by atoms with Gasteiger partial charge >= 0.3 is 0 Å². The van der Waals surface area contributed by atoms with E-state index in [0.29, 0.717) is 10.3 Å². The highest BCUT2D eigenvalue weighted by molar-refractivity contribution is 7.50. The van der Waals surface area contributed by atoms with Gasteiger partial charge in [-0.2, -0.15) is 0 Å². The van der Waals surface area contributed by atoms with E-state index in [1.165, 1.54) is 21.7 Å². The second-order valence-electron chi connectivity index (χ2n) is 7.84. The number of benzene rings is 2. The monoisotopic (exact) mass is 330 g/mol. The fourth-order valence-electron chi connectivity index (χ4n) is 2.46. The molecule has 0 aliphatic rings. The highest BCUT2D eigenvalue weighted by Gasteiger charge is 2.18. The first kappa shape index (κ1) is 17.7. The summed E-state index contributed by atoms with van der Waals surface area (Å²) in [6.07, 6.45) is 0. The minimum absolute atomic E-state index is 0.331. The van der Waals surface area contributed by atoms with E-state index in [4.69, 9.17) is 0 Å². The normalized spacial score (nSPS) is 13.5. The summed E-state index contributed by atoms with van der Waals surface area (Å²) in [4.78, 5) is 0. The molecule has 0 bridgehead atoms. The standard InChI is InChI=1S/C20H28P2/c1-19(2,3)21-17-13-9-7-11-15(17)16-12-8-10-14-18(16)22-20(4,5)6/h7-14,21-22H,1-6H3. The van der Waals surface area contributed by atoms with Gasteiger partial charge in [-0.05, 0) is 32.0 Å². The zero-order valence-corrected chi connectivity index (χ0v) is 16.6. The van der Waals surface area contributed by atoms with E-state index in [-0.39, 0.29) is 0 Å². The smallest absolute Gasteiger partial charge is 0.0103 e. The van der Waals surface area contributed by atoms with Crippen LogP contribution in [0, 0.1) is 0 Å². The lowest BCUT2D eigenvalue weighted by Gasteiger charge is -2.24. The van der Waals surface area contributed by atoms with Crippen LogP contribution in [-0.2, 0) is 0 Å². The summed E-state index contributed by atoms with van der Waals surface area (Å²) in [7, 11) is 1.65. The quantitative estimate of drug-likeness (QED) is 0.647. The van der Waals surface area contributed by atoms with Gasteiger partial charge in [-0.1, -0.05) is 107 Å². The van der Waals surface area contributed by atoms with Gasteiger partial charge in [-0.25, -0.2) is 0 Å². The largest absolute Gasteiger partial charge is 0.0842 e. The van der Waals surface area contributed by atoms with Crippen LogP contribution in [0.4, 0.5) is 0 Å². The molecule has 0 amide bonds. The van der Waals surface area contributed by atoms with Gasteiger partial charge in [0.15, 0.2) is 0 Å². The Morgan fingerprint density at radius 2 is 0.864 bits per heavy atom. The molecule has 0 saturated heterocycles. The average molecular weight is 330 g/mol. The van der Waals surface area contributed by atoms with Crippen LogP contribution in [-0.4, -0.2) is 10.3 Å². The predicted molar refractivity (Wildman–Crippen MR) is 107 cm³/mol. The Kier molecular flexibility index (Phi) is 5.47. The van der Waals surface area contributed by atoms with Crippen molar-refractivity contribution in [3.05, 3.63) is 48.5 Å². The van der Waals surface area contributed by atoms with Crippen LogP contribution in [0.3, 0.4) is 0 Å². The van der Waals surface area contributed by atoms with Gasteiger partial charge in [0.1, 0.15) is 0 Å². The second-order valence-corrected chi connectivity index (χ2v) is 12.4. The summed E-state index contributed by atoms with van der Waals surface area (Å²) >= 11 is 0. The molecule has 0 heterocycles. The third kappa shape index (κ3) is 5.19. The van der Waals surface area contributed by atoms with Crippen molar-refractivity contribution in [1.29, 1.82) is 0 Å². The van der Waals surface area contributed by atoms with Crippen LogP contribution in [0.5, 0.6) is 0 Å². The topological polar surface area (TPSA) is 0 Å². The van der Waals surface area contributed by atoms with E-state index in [1.807, 2.05) is 0 Å².